The number of para-hydroxylation sites is 1. The second-order valence-corrected chi connectivity index (χ2v) is 3.90. The number of hydrogen-bond acceptors (Lipinski definition) is 3. The topological polar surface area (TPSA) is 34.1 Å². The molecule has 18 heavy (non-hydrogen) atoms. The van der Waals surface area contributed by atoms with Gasteiger partial charge in [0.1, 0.15) is 18.2 Å². The van der Waals surface area contributed by atoms with Gasteiger partial charge in [0.2, 0.25) is 0 Å². The molecule has 1 unspecified atom stereocenters. The van der Waals surface area contributed by atoms with E-state index in [2.05, 4.69) is 10.3 Å². The van der Waals surface area contributed by atoms with E-state index in [4.69, 9.17) is 4.74 Å². The molecule has 2 aromatic rings. The van der Waals surface area contributed by atoms with Crippen LogP contribution in [-0.2, 0) is 0 Å². The summed E-state index contributed by atoms with van der Waals surface area (Å²) in [5.74, 6) is 0.453. The maximum absolute atomic E-state index is 13.1. The predicted molar refractivity (Wildman–Crippen MR) is 67.9 cm³/mol. The highest BCUT2D eigenvalue weighted by Crippen LogP contribution is 2.15. The van der Waals surface area contributed by atoms with Gasteiger partial charge in [-0.25, -0.2) is 4.39 Å². The predicted octanol–water partition coefficient (Wildman–Crippen LogP) is 2.56. The van der Waals surface area contributed by atoms with Gasteiger partial charge < -0.3 is 10.1 Å². The maximum atomic E-state index is 13.1. The Balaban J connectivity index is 2.02. The van der Waals surface area contributed by atoms with Crippen LogP contribution >= 0.6 is 0 Å². The lowest BCUT2D eigenvalue weighted by atomic mass is 10.1. The summed E-state index contributed by atoms with van der Waals surface area (Å²) < 4.78 is 18.7. The largest absolute Gasteiger partial charge is 0.492 e. The number of halogens is 1. The van der Waals surface area contributed by atoms with E-state index in [0.29, 0.717) is 6.61 Å². The van der Waals surface area contributed by atoms with Gasteiger partial charge in [0.15, 0.2) is 0 Å². The van der Waals surface area contributed by atoms with Crippen LogP contribution in [0.15, 0.2) is 48.8 Å². The van der Waals surface area contributed by atoms with Gasteiger partial charge in [-0.15, -0.1) is 0 Å². The van der Waals surface area contributed by atoms with Crippen molar-refractivity contribution in [2.75, 3.05) is 13.7 Å². The molecule has 0 bridgehead atoms. The summed E-state index contributed by atoms with van der Waals surface area (Å²) in [5, 5.41) is 3.08. The molecule has 0 saturated heterocycles. The fraction of sp³-hybridized carbons (Fsp3) is 0.214. The van der Waals surface area contributed by atoms with Gasteiger partial charge in [0.25, 0.3) is 0 Å². The minimum atomic E-state index is -0.340. The standard InChI is InChI=1S/C14H15FN2O/c1-16-14(11-7-12(15)9-17-8-11)10-18-13-5-3-2-4-6-13/h2-9,14,16H,10H2,1H3. The zero-order valence-corrected chi connectivity index (χ0v) is 10.1. The van der Waals surface area contributed by atoms with Gasteiger partial charge in [-0.3, -0.25) is 4.98 Å². The van der Waals surface area contributed by atoms with Gasteiger partial charge in [-0.1, -0.05) is 18.2 Å². The molecule has 1 N–H and O–H groups in total. The van der Waals surface area contributed by atoms with Crippen molar-refractivity contribution in [2.45, 2.75) is 6.04 Å². The molecule has 0 amide bonds. The molecule has 1 atom stereocenters. The summed E-state index contributed by atoms with van der Waals surface area (Å²) in [5.41, 5.74) is 0.772. The lowest BCUT2D eigenvalue weighted by Gasteiger charge is -2.17. The number of rotatable bonds is 5. The number of aromatic nitrogens is 1. The molecule has 4 heteroatoms. The minimum absolute atomic E-state index is 0.0894. The van der Waals surface area contributed by atoms with Crippen LogP contribution in [-0.4, -0.2) is 18.6 Å². The number of benzene rings is 1. The molecule has 3 nitrogen and oxygen atoms in total. The first kappa shape index (κ1) is 12.5. The van der Waals surface area contributed by atoms with Crippen molar-refractivity contribution in [2.24, 2.45) is 0 Å². The summed E-state index contributed by atoms with van der Waals surface area (Å²) in [7, 11) is 1.81. The summed E-state index contributed by atoms with van der Waals surface area (Å²) in [6.07, 6.45) is 2.83. The first-order valence-corrected chi connectivity index (χ1v) is 5.75. The molecule has 0 aliphatic carbocycles. The lowest BCUT2D eigenvalue weighted by molar-refractivity contribution is 0.272. The molecular weight excluding hydrogens is 231 g/mol. The third kappa shape index (κ3) is 3.28. The molecule has 1 heterocycles. The SMILES string of the molecule is CNC(COc1ccccc1)c1cncc(F)c1. The second kappa shape index (κ2) is 6.12. The van der Waals surface area contributed by atoms with E-state index in [0.717, 1.165) is 11.3 Å². The molecule has 0 aliphatic heterocycles. The van der Waals surface area contributed by atoms with Crippen molar-refractivity contribution in [3.8, 4) is 5.75 Å². The molecule has 0 aliphatic rings. The Morgan fingerprint density at radius 1 is 1.28 bits per heavy atom. The first-order chi connectivity index (χ1) is 8.79. The van der Waals surface area contributed by atoms with E-state index in [1.807, 2.05) is 37.4 Å². The number of pyridine rings is 1. The van der Waals surface area contributed by atoms with Gasteiger partial charge >= 0.3 is 0 Å². The van der Waals surface area contributed by atoms with Crippen LogP contribution in [0.1, 0.15) is 11.6 Å². The highest BCUT2D eigenvalue weighted by Gasteiger charge is 2.11. The molecule has 0 fully saturated rings. The smallest absolute Gasteiger partial charge is 0.141 e. The Morgan fingerprint density at radius 3 is 2.72 bits per heavy atom. The van der Waals surface area contributed by atoms with Crippen LogP contribution < -0.4 is 10.1 Å². The van der Waals surface area contributed by atoms with Crippen LogP contribution in [0.4, 0.5) is 4.39 Å². The monoisotopic (exact) mass is 246 g/mol. The Bertz CT molecular complexity index is 490. The van der Waals surface area contributed by atoms with Crippen molar-refractivity contribution in [3.63, 3.8) is 0 Å². The third-order valence-corrected chi connectivity index (χ3v) is 2.64. The van der Waals surface area contributed by atoms with Crippen LogP contribution in [0.2, 0.25) is 0 Å². The molecule has 94 valence electrons. The van der Waals surface area contributed by atoms with Gasteiger partial charge in [-0.2, -0.15) is 0 Å². The lowest BCUT2D eigenvalue weighted by Crippen LogP contribution is -2.23. The van der Waals surface area contributed by atoms with E-state index in [1.54, 1.807) is 6.20 Å². The van der Waals surface area contributed by atoms with Crippen LogP contribution in [0, 0.1) is 5.82 Å². The van der Waals surface area contributed by atoms with E-state index in [1.165, 1.54) is 12.3 Å². The highest BCUT2D eigenvalue weighted by atomic mass is 19.1. The summed E-state index contributed by atoms with van der Waals surface area (Å²) in [6, 6.07) is 10.9. The second-order valence-electron chi connectivity index (χ2n) is 3.90. The van der Waals surface area contributed by atoms with Crippen LogP contribution in [0.5, 0.6) is 5.75 Å². The molecule has 0 saturated carbocycles. The normalized spacial score (nSPS) is 12.1. The Kier molecular flexibility index (Phi) is 4.25. The first-order valence-electron chi connectivity index (χ1n) is 5.75. The Labute approximate surface area is 106 Å². The Morgan fingerprint density at radius 2 is 2.06 bits per heavy atom. The average Bonchev–Trinajstić information content (AvgIpc) is 2.41. The fourth-order valence-electron chi connectivity index (χ4n) is 1.66. The van der Waals surface area contributed by atoms with E-state index < -0.39 is 0 Å². The van der Waals surface area contributed by atoms with Crippen molar-refractivity contribution in [1.29, 1.82) is 0 Å². The minimum Gasteiger partial charge on any atom is -0.492 e. The van der Waals surface area contributed by atoms with Gasteiger partial charge in [0.05, 0.1) is 12.2 Å². The maximum Gasteiger partial charge on any atom is 0.141 e. The van der Waals surface area contributed by atoms with Crippen molar-refractivity contribution in [1.82, 2.24) is 10.3 Å². The zero-order valence-electron chi connectivity index (χ0n) is 10.1. The molecule has 2 rings (SSSR count). The van der Waals surface area contributed by atoms with E-state index in [-0.39, 0.29) is 11.9 Å². The van der Waals surface area contributed by atoms with Crippen LogP contribution in [0.3, 0.4) is 0 Å². The molecule has 1 aromatic carbocycles. The van der Waals surface area contributed by atoms with Crippen molar-refractivity contribution < 1.29 is 9.13 Å². The molecular formula is C14H15FN2O. The van der Waals surface area contributed by atoms with Crippen molar-refractivity contribution >= 4 is 0 Å². The zero-order chi connectivity index (χ0) is 12.8. The van der Waals surface area contributed by atoms with Gasteiger partial charge in [0, 0.05) is 6.20 Å². The number of nitrogens with zero attached hydrogens (tertiary/aromatic N) is 1. The summed E-state index contributed by atoms with van der Waals surface area (Å²) in [4.78, 5) is 3.84. The van der Waals surface area contributed by atoms with E-state index >= 15 is 0 Å². The van der Waals surface area contributed by atoms with Crippen LogP contribution in [0.25, 0.3) is 0 Å². The number of likely N-dealkylation sites (N-methyl/N-ethyl adjacent to an activating group) is 1. The molecule has 0 spiro atoms. The van der Waals surface area contributed by atoms with E-state index in [9.17, 15) is 4.39 Å². The number of nitrogens with one attached hydrogen (secondary N) is 1. The summed E-state index contributed by atoms with van der Waals surface area (Å²) >= 11 is 0. The summed E-state index contributed by atoms with van der Waals surface area (Å²) in [6.45, 7) is 0.422. The quantitative estimate of drug-likeness (QED) is 0.880. The number of hydrogen-bond donors (Lipinski definition) is 1. The van der Waals surface area contributed by atoms with Gasteiger partial charge in [-0.05, 0) is 30.8 Å². The van der Waals surface area contributed by atoms with Crippen molar-refractivity contribution in [3.05, 3.63) is 60.2 Å². The Hall–Kier alpha value is -1.94. The number of ether oxygens (including phenoxy) is 1. The average molecular weight is 246 g/mol. The highest BCUT2D eigenvalue weighted by molar-refractivity contribution is 5.22. The molecule has 1 aromatic heterocycles. The fourth-order valence-corrected chi connectivity index (χ4v) is 1.66. The third-order valence-electron chi connectivity index (χ3n) is 2.64. The molecule has 0 radical (unpaired) electrons.